The van der Waals surface area contributed by atoms with Crippen LogP contribution in [0.25, 0.3) is 0 Å². The summed E-state index contributed by atoms with van der Waals surface area (Å²) in [7, 11) is 0. The van der Waals surface area contributed by atoms with Gasteiger partial charge in [-0.2, -0.15) is 0 Å². The summed E-state index contributed by atoms with van der Waals surface area (Å²) in [5.41, 5.74) is 1.51. The van der Waals surface area contributed by atoms with Crippen molar-refractivity contribution in [2.24, 2.45) is 23.7 Å². The van der Waals surface area contributed by atoms with Crippen molar-refractivity contribution in [3.05, 3.63) is 11.8 Å². The van der Waals surface area contributed by atoms with Crippen LogP contribution in [-0.2, 0) is 4.74 Å². The van der Waals surface area contributed by atoms with Crippen LogP contribution < -0.4 is 0 Å². The van der Waals surface area contributed by atoms with Gasteiger partial charge in [0.2, 0.25) is 0 Å². The third-order valence-corrected chi connectivity index (χ3v) is 7.21. The van der Waals surface area contributed by atoms with Crippen LogP contribution in [-0.4, -0.2) is 6.10 Å². The highest BCUT2D eigenvalue weighted by atomic mass is 16.5. The normalized spacial score (nSPS) is 38.7. The molecule has 3 aliphatic rings. The van der Waals surface area contributed by atoms with Gasteiger partial charge < -0.3 is 4.74 Å². The summed E-state index contributed by atoms with van der Waals surface area (Å²) < 4.78 is 6.08. The number of ether oxygens (including phenoxy) is 1. The van der Waals surface area contributed by atoms with Crippen molar-refractivity contribution in [2.75, 3.05) is 0 Å². The lowest BCUT2D eigenvalue weighted by Gasteiger charge is -2.40. The van der Waals surface area contributed by atoms with Crippen molar-refractivity contribution < 1.29 is 4.74 Å². The van der Waals surface area contributed by atoms with Crippen LogP contribution in [0, 0.1) is 23.7 Å². The molecule has 0 aromatic rings. The molecule has 23 heavy (non-hydrogen) atoms. The molecule has 2 saturated carbocycles. The smallest absolute Gasteiger partial charge is 0.101 e. The van der Waals surface area contributed by atoms with Gasteiger partial charge in [-0.25, -0.2) is 0 Å². The summed E-state index contributed by atoms with van der Waals surface area (Å²) in [6, 6.07) is 0. The Morgan fingerprint density at radius 3 is 1.96 bits per heavy atom. The van der Waals surface area contributed by atoms with Crippen LogP contribution in [0.5, 0.6) is 0 Å². The van der Waals surface area contributed by atoms with Gasteiger partial charge in [0, 0.05) is 0 Å². The summed E-state index contributed by atoms with van der Waals surface area (Å²) in [6.07, 6.45) is 21.1. The number of hydrogen-bond donors (Lipinski definition) is 0. The van der Waals surface area contributed by atoms with E-state index in [1.165, 1.54) is 89.0 Å². The molecule has 1 unspecified atom stereocenters. The summed E-state index contributed by atoms with van der Waals surface area (Å²) in [4.78, 5) is 0. The van der Waals surface area contributed by atoms with E-state index in [1.807, 2.05) is 0 Å². The van der Waals surface area contributed by atoms with E-state index in [9.17, 15) is 0 Å². The molecule has 0 radical (unpaired) electrons. The molecule has 2 aliphatic carbocycles. The summed E-state index contributed by atoms with van der Waals surface area (Å²) in [5, 5.41) is 0. The molecule has 1 nitrogen and oxygen atoms in total. The Hall–Kier alpha value is -0.460. The molecule has 1 aliphatic heterocycles. The SMILES string of the molecule is CCCC1CCC(C2CCC(C3CCC(CC)=CO3)CC2)CC1. The van der Waals surface area contributed by atoms with Crippen molar-refractivity contribution in [2.45, 2.75) is 103 Å². The second-order valence-corrected chi connectivity index (χ2v) is 8.59. The summed E-state index contributed by atoms with van der Waals surface area (Å²) in [5.74, 6) is 4.00. The molecule has 0 bridgehead atoms. The molecule has 3 rings (SSSR count). The fraction of sp³-hybridized carbons (Fsp3) is 0.909. The van der Waals surface area contributed by atoms with Crippen LogP contribution in [0.15, 0.2) is 11.8 Å². The summed E-state index contributed by atoms with van der Waals surface area (Å²) >= 11 is 0. The Balaban J connectivity index is 1.40. The Kier molecular flexibility index (Phi) is 6.48. The van der Waals surface area contributed by atoms with Crippen LogP contribution in [0.3, 0.4) is 0 Å². The van der Waals surface area contributed by atoms with Crippen molar-refractivity contribution in [3.63, 3.8) is 0 Å². The van der Waals surface area contributed by atoms with Gasteiger partial charge in [-0.15, -0.1) is 0 Å². The molecule has 0 amide bonds. The van der Waals surface area contributed by atoms with E-state index >= 15 is 0 Å². The van der Waals surface area contributed by atoms with Gasteiger partial charge in [0.1, 0.15) is 6.10 Å². The van der Waals surface area contributed by atoms with Crippen LogP contribution in [0.4, 0.5) is 0 Å². The monoisotopic (exact) mass is 318 g/mol. The lowest BCUT2D eigenvalue weighted by atomic mass is 9.68. The van der Waals surface area contributed by atoms with Crippen molar-refractivity contribution in [1.29, 1.82) is 0 Å². The van der Waals surface area contributed by atoms with Gasteiger partial charge >= 0.3 is 0 Å². The number of rotatable bonds is 5. The molecule has 1 atom stereocenters. The van der Waals surface area contributed by atoms with E-state index in [4.69, 9.17) is 4.74 Å². The summed E-state index contributed by atoms with van der Waals surface area (Å²) in [6.45, 7) is 4.59. The zero-order chi connectivity index (χ0) is 16.1. The Labute approximate surface area is 144 Å². The predicted octanol–water partition coefficient (Wildman–Crippen LogP) is 6.87. The molecule has 1 heterocycles. The van der Waals surface area contributed by atoms with Crippen molar-refractivity contribution >= 4 is 0 Å². The minimum absolute atomic E-state index is 0.534. The van der Waals surface area contributed by atoms with Crippen LogP contribution >= 0.6 is 0 Å². The molecular weight excluding hydrogens is 280 g/mol. The Bertz CT molecular complexity index is 369. The number of hydrogen-bond acceptors (Lipinski definition) is 1. The number of allylic oxidation sites excluding steroid dienone is 1. The van der Waals surface area contributed by atoms with Gasteiger partial charge in [0.15, 0.2) is 0 Å². The minimum Gasteiger partial charge on any atom is -0.498 e. The fourth-order valence-corrected chi connectivity index (χ4v) is 5.59. The molecule has 0 aromatic heterocycles. The Morgan fingerprint density at radius 2 is 1.43 bits per heavy atom. The second-order valence-electron chi connectivity index (χ2n) is 8.59. The minimum atomic E-state index is 0.534. The molecule has 0 spiro atoms. The standard InChI is InChI=1S/C22H38O/c1-3-5-18-6-9-19(10-7-18)20-11-13-21(14-12-20)22-15-8-17(4-2)16-23-22/h16,18-22H,3-15H2,1-2H3. The topological polar surface area (TPSA) is 9.23 Å². The first-order valence-corrected chi connectivity index (χ1v) is 10.6. The van der Waals surface area contributed by atoms with Gasteiger partial charge in [-0.05, 0) is 87.0 Å². The quantitative estimate of drug-likeness (QED) is 0.537. The molecule has 2 fully saturated rings. The van der Waals surface area contributed by atoms with E-state index in [0.717, 1.165) is 23.7 Å². The average molecular weight is 319 g/mol. The molecule has 1 heteroatoms. The third-order valence-electron chi connectivity index (χ3n) is 7.21. The highest BCUT2D eigenvalue weighted by Crippen LogP contribution is 2.44. The lowest BCUT2D eigenvalue weighted by molar-refractivity contribution is 0.0296. The molecule has 0 N–H and O–H groups in total. The maximum absolute atomic E-state index is 6.08. The first-order chi connectivity index (χ1) is 11.3. The van der Waals surface area contributed by atoms with Gasteiger partial charge in [-0.3, -0.25) is 0 Å². The van der Waals surface area contributed by atoms with E-state index in [2.05, 4.69) is 20.1 Å². The van der Waals surface area contributed by atoms with E-state index in [-0.39, 0.29) is 0 Å². The lowest BCUT2D eigenvalue weighted by Crippen LogP contribution is -2.32. The van der Waals surface area contributed by atoms with Crippen LogP contribution in [0.1, 0.15) is 97.3 Å². The molecule has 132 valence electrons. The van der Waals surface area contributed by atoms with Gasteiger partial charge in [-0.1, -0.05) is 39.5 Å². The van der Waals surface area contributed by atoms with E-state index in [1.54, 1.807) is 0 Å². The first-order valence-electron chi connectivity index (χ1n) is 10.6. The third kappa shape index (κ3) is 4.54. The van der Waals surface area contributed by atoms with Crippen molar-refractivity contribution in [3.8, 4) is 0 Å². The molecule has 0 saturated heterocycles. The average Bonchev–Trinajstić information content (AvgIpc) is 2.63. The fourth-order valence-electron chi connectivity index (χ4n) is 5.59. The second kappa shape index (κ2) is 8.58. The highest BCUT2D eigenvalue weighted by Gasteiger charge is 2.34. The maximum atomic E-state index is 6.08. The Morgan fingerprint density at radius 1 is 0.826 bits per heavy atom. The van der Waals surface area contributed by atoms with Gasteiger partial charge in [0.05, 0.1) is 6.26 Å². The van der Waals surface area contributed by atoms with E-state index in [0.29, 0.717) is 6.10 Å². The van der Waals surface area contributed by atoms with Gasteiger partial charge in [0.25, 0.3) is 0 Å². The highest BCUT2D eigenvalue weighted by molar-refractivity contribution is 5.01. The molecular formula is C22H38O. The predicted molar refractivity (Wildman–Crippen MR) is 98.3 cm³/mol. The molecule has 0 aromatic carbocycles. The first kappa shape index (κ1) is 17.4. The zero-order valence-corrected chi connectivity index (χ0v) is 15.6. The van der Waals surface area contributed by atoms with Crippen LogP contribution in [0.2, 0.25) is 0 Å². The zero-order valence-electron chi connectivity index (χ0n) is 15.6. The largest absolute Gasteiger partial charge is 0.498 e. The van der Waals surface area contributed by atoms with E-state index < -0.39 is 0 Å². The van der Waals surface area contributed by atoms with Crippen molar-refractivity contribution in [1.82, 2.24) is 0 Å². The maximum Gasteiger partial charge on any atom is 0.101 e.